The second-order valence-corrected chi connectivity index (χ2v) is 10.3. The molecule has 2 aromatic carbocycles. The maximum atomic E-state index is 13.1. The monoisotopic (exact) mass is 459 g/mol. The highest BCUT2D eigenvalue weighted by Crippen LogP contribution is 2.37. The first kappa shape index (κ1) is 21.9. The molecule has 4 N–H and O–H groups in total. The van der Waals surface area contributed by atoms with Gasteiger partial charge in [0.05, 0.1) is 16.6 Å². The number of nitrogens with two attached hydrogens (primary N) is 1. The smallest absolute Gasteiger partial charge is 0.242 e. The van der Waals surface area contributed by atoms with Crippen molar-refractivity contribution < 1.29 is 13.2 Å². The Balaban J connectivity index is 1.81. The van der Waals surface area contributed by atoms with Crippen molar-refractivity contribution in [2.75, 3.05) is 0 Å². The number of sulfonamides is 1. The molecule has 4 rings (SSSR count). The molecule has 1 aliphatic rings. The Labute approximate surface area is 187 Å². The van der Waals surface area contributed by atoms with Gasteiger partial charge in [-0.15, -0.1) is 0 Å². The zero-order valence-corrected chi connectivity index (χ0v) is 18.9. The lowest BCUT2D eigenvalue weighted by Gasteiger charge is -2.23. The number of para-hydroxylation sites is 1. The van der Waals surface area contributed by atoms with Gasteiger partial charge in [0.1, 0.15) is 4.90 Å². The molecule has 8 heteroatoms. The fraction of sp³-hybridized carbons (Fsp3) is 0.348. The number of aromatic amines is 1. The summed E-state index contributed by atoms with van der Waals surface area (Å²) in [6.07, 6.45) is 4.84. The van der Waals surface area contributed by atoms with Gasteiger partial charge in [0.15, 0.2) is 0 Å². The molecule has 0 aliphatic heterocycles. The van der Waals surface area contributed by atoms with Crippen LogP contribution in [0.1, 0.15) is 50.5 Å². The zero-order valence-electron chi connectivity index (χ0n) is 17.3. The summed E-state index contributed by atoms with van der Waals surface area (Å²) in [5, 5.41) is 1.04. The lowest BCUT2D eigenvalue weighted by atomic mass is 9.94. The molecule has 1 atom stereocenters. The van der Waals surface area contributed by atoms with Gasteiger partial charge in [0.25, 0.3) is 0 Å². The van der Waals surface area contributed by atoms with Crippen molar-refractivity contribution in [3.8, 4) is 11.3 Å². The standard InChI is InChI=1S/C23H26ClN3O3S/c1-14(23(25)28)21-17-9-5-6-10-19(17)26-22(21)15-11-12-18(24)20(13-15)31(29,30)27-16-7-3-2-4-8-16/h5-6,9-14,16,26-27H,2-4,7-8H2,1H3,(H2,25,28). The van der Waals surface area contributed by atoms with Gasteiger partial charge in [-0.05, 0) is 49.1 Å². The zero-order chi connectivity index (χ0) is 22.2. The number of hydrogen-bond acceptors (Lipinski definition) is 3. The quantitative estimate of drug-likeness (QED) is 0.498. The number of rotatable bonds is 6. The van der Waals surface area contributed by atoms with Crippen LogP contribution in [0, 0.1) is 0 Å². The van der Waals surface area contributed by atoms with Crippen LogP contribution in [-0.4, -0.2) is 25.4 Å². The molecule has 164 valence electrons. The molecule has 0 bridgehead atoms. The normalized spacial score (nSPS) is 16.5. The average molecular weight is 460 g/mol. The van der Waals surface area contributed by atoms with E-state index in [0.29, 0.717) is 11.3 Å². The number of carbonyl (C=O) groups excluding carboxylic acids is 1. The number of fused-ring (bicyclic) bond motifs is 1. The largest absolute Gasteiger partial charge is 0.369 e. The van der Waals surface area contributed by atoms with E-state index < -0.39 is 21.8 Å². The van der Waals surface area contributed by atoms with Crippen molar-refractivity contribution in [1.82, 2.24) is 9.71 Å². The van der Waals surface area contributed by atoms with E-state index in [1.807, 2.05) is 24.3 Å². The number of benzene rings is 2. The predicted octanol–water partition coefficient (Wildman–Crippen LogP) is 4.69. The maximum Gasteiger partial charge on any atom is 0.242 e. The van der Waals surface area contributed by atoms with Gasteiger partial charge < -0.3 is 10.7 Å². The van der Waals surface area contributed by atoms with Gasteiger partial charge in [-0.25, -0.2) is 13.1 Å². The molecule has 31 heavy (non-hydrogen) atoms. The summed E-state index contributed by atoms with van der Waals surface area (Å²) in [6.45, 7) is 1.75. The lowest BCUT2D eigenvalue weighted by molar-refractivity contribution is -0.119. The van der Waals surface area contributed by atoms with E-state index in [-0.39, 0.29) is 16.0 Å². The van der Waals surface area contributed by atoms with Crippen LogP contribution in [0.4, 0.5) is 0 Å². The predicted molar refractivity (Wildman–Crippen MR) is 124 cm³/mol. The third-order valence-electron chi connectivity index (χ3n) is 6.04. The van der Waals surface area contributed by atoms with Crippen LogP contribution in [0.25, 0.3) is 22.2 Å². The number of aromatic nitrogens is 1. The van der Waals surface area contributed by atoms with Gasteiger partial charge >= 0.3 is 0 Å². The van der Waals surface area contributed by atoms with Crippen molar-refractivity contribution in [2.24, 2.45) is 5.73 Å². The molecular formula is C23H26ClN3O3S. The van der Waals surface area contributed by atoms with Gasteiger partial charge in [-0.1, -0.05) is 55.1 Å². The summed E-state index contributed by atoms with van der Waals surface area (Å²) in [4.78, 5) is 15.4. The number of halogens is 1. The molecule has 6 nitrogen and oxygen atoms in total. The molecule has 1 fully saturated rings. The van der Waals surface area contributed by atoms with Crippen LogP contribution in [0.5, 0.6) is 0 Å². The van der Waals surface area contributed by atoms with Crippen LogP contribution in [-0.2, 0) is 14.8 Å². The summed E-state index contributed by atoms with van der Waals surface area (Å²) >= 11 is 6.31. The van der Waals surface area contributed by atoms with Gasteiger partial charge in [-0.3, -0.25) is 4.79 Å². The second kappa shape index (κ2) is 8.65. The van der Waals surface area contributed by atoms with Crippen molar-refractivity contribution in [1.29, 1.82) is 0 Å². The van der Waals surface area contributed by atoms with Crippen LogP contribution in [0.3, 0.4) is 0 Å². The molecule has 3 aromatic rings. The Morgan fingerprint density at radius 3 is 2.58 bits per heavy atom. The molecule has 1 aromatic heterocycles. The topological polar surface area (TPSA) is 105 Å². The van der Waals surface area contributed by atoms with Crippen molar-refractivity contribution in [3.63, 3.8) is 0 Å². The van der Waals surface area contributed by atoms with E-state index in [1.54, 1.807) is 25.1 Å². The molecular weight excluding hydrogens is 434 g/mol. The fourth-order valence-electron chi connectivity index (χ4n) is 4.35. The minimum absolute atomic E-state index is 0.0357. The third kappa shape index (κ3) is 4.35. The molecule has 0 spiro atoms. The lowest BCUT2D eigenvalue weighted by Crippen LogP contribution is -2.36. The highest BCUT2D eigenvalue weighted by atomic mass is 35.5. The van der Waals surface area contributed by atoms with Gasteiger partial charge in [-0.2, -0.15) is 0 Å². The summed E-state index contributed by atoms with van der Waals surface area (Å²) in [5.74, 6) is -1.01. The number of primary amides is 1. The van der Waals surface area contributed by atoms with Gasteiger partial charge in [0, 0.05) is 16.9 Å². The number of amides is 1. The summed E-state index contributed by atoms with van der Waals surface area (Å²) in [6, 6.07) is 12.4. The van der Waals surface area contributed by atoms with Crippen molar-refractivity contribution in [2.45, 2.75) is 55.9 Å². The molecule has 1 amide bonds. The highest BCUT2D eigenvalue weighted by molar-refractivity contribution is 7.89. The van der Waals surface area contributed by atoms with E-state index in [9.17, 15) is 13.2 Å². The Morgan fingerprint density at radius 2 is 1.87 bits per heavy atom. The summed E-state index contributed by atoms with van der Waals surface area (Å²) in [5.41, 5.74) is 8.50. The molecule has 1 heterocycles. The number of hydrogen-bond donors (Lipinski definition) is 3. The summed E-state index contributed by atoms with van der Waals surface area (Å²) in [7, 11) is -3.79. The Kier molecular flexibility index (Phi) is 6.10. The Morgan fingerprint density at radius 1 is 1.16 bits per heavy atom. The molecule has 1 saturated carbocycles. The fourth-order valence-corrected chi connectivity index (χ4v) is 6.18. The summed E-state index contributed by atoms with van der Waals surface area (Å²) < 4.78 is 29.1. The maximum absolute atomic E-state index is 13.1. The van der Waals surface area contributed by atoms with Gasteiger partial charge in [0.2, 0.25) is 15.9 Å². The molecule has 0 radical (unpaired) electrons. The minimum atomic E-state index is -3.79. The number of carbonyl (C=O) groups is 1. The first-order chi connectivity index (χ1) is 14.8. The van der Waals surface area contributed by atoms with Crippen LogP contribution in [0.15, 0.2) is 47.4 Å². The molecule has 1 unspecified atom stereocenters. The molecule has 0 saturated heterocycles. The van der Waals surface area contributed by atoms with Crippen LogP contribution < -0.4 is 10.5 Å². The minimum Gasteiger partial charge on any atom is -0.369 e. The average Bonchev–Trinajstić information content (AvgIpc) is 3.13. The Hall–Kier alpha value is -2.35. The van der Waals surface area contributed by atoms with Crippen molar-refractivity contribution >= 4 is 38.4 Å². The van der Waals surface area contributed by atoms with Crippen molar-refractivity contribution in [3.05, 3.63) is 53.1 Å². The second-order valence-electron chi connectivity index (χ2n) is 8.18. The van der Waals surface area contributed by atoms with E-state index >= 15 is 0 Å². The highest BCUT2D eigenvalue weighted by Gasteiger charge is 2.26. The first-order valence-electron chi connectivity index (χ1n) is 10.5. The third-order valence-corrected chi connectivity index (χ3v) is 8.04. The van der Waals surface area contributed by atoms with E-state index in [0.717, 1.165) is 48.6 Å². The number of nitrogens with one attached hydrogen (secondary N) is 2. The SMILES string of the molecule is CC(C(N)=O)c1c(-c2ccc(Cl)c(S(=O)(=O)NC3CCCCC3)c2)[nH]c2ccccc12. The van der Waals surface area contributed by atoms with E-state index in [1.165, 1.54) is 0 Å². The van der Waals surface area contributed by atoms with E-state index in [4.69, 9.17) is 17.3 Å². The number of H-pyrrole nitrogens is 1. The van der Waals surface area contributed by atoms with E-state index in [2.05, 4.69) is 9.71 Å². The first-order valence-corrected chi connectivity index (χ1v) is 12.4. The Bertz CT molecular complexity index is 1230. The molecule has 1 aliphatic carbocycles. The van der Waals surface area contributed by atoms with Crippen LogP contribution in [0.2, 0.25) is 5.02 Å². The van der Waals surface area contributed by atoms with Crippen LogP contribution >= 0.6 is 11.6 Å².